The molecule has 2 rings (SSSR count). The van der Waals surface area contributed by atoms with E-state index in [-0.39, 0.29) is 12.4 Å². The molecule has 1 aromatic heterocycles. The lowest BCUT2D eigenvalue weighted by molar-refractivity contribution is -0.274. The Kier molecular flexibility index (Phi) is 4.51. The number of anilines is 2. The molecular weight excluding hydrogens is 291 g/mol. The molecule has 0 radical (unpaired) electrons. The van der Waals surface area contributed by atoms with Crippen LogP contribution in [0.3, 0.4) is 0 Å². The number of ether oxygens (including phenoxy) is 1. The number of thiophene rings is 1. The van der Waals surface area contributed by atoms with Gasteiger partial charge in [0.1, 0.15) is 5.75 Å². The van der Waals surface area contributed by atoms with Crippen LogP contribution in [0.4, 0.5) is 24.5 Å². The number of benzene rings is 1. The monoisotopic (exact) mass is 303 g/mol. The van der Waals surface area contributed by atoms with Gasteiger partial charge in [0.2, 0.25) is 0 Å². The van der Waals surface area contributed by atoms with Crippen LogP contribution in [-0.4, -0.2) is 24.6 Å². The third-order valence-electron chi connectivity index (χ3n) is 2.52. The van der Waals surface area contributed by atoms with Crippen molar-refractivity contribution in [2.45, 2.75) is 6.36 Å². The van der Waals surface area contributed by atoms with Crippen LogP contribution < -0.4 is 9.64 Å². The Morgan fingerprint density at radius 1 is 1.10 bits per heavy atom. The lowest BCUT2D eigenvalue weighted by atomic mass is 10.2. The molecular formula is C13H12F3NO2S. The van der Waals surface area contributed by atoms with Gasteiger partial charge in [-0.15, -0.1) is 13.2 Å². The molecule has 0 fully saturated rings. The second-order valence-electron chi connectivity index (χ2n) is 3.90. The molecule has 0 aliphatic rings. The molecule has 108 valence electrons. The Hall–Kier alpha value is -1.73. The van der Waals surface area contributed by atoms with Gasteiger partial charge in [-0.1, -0.05) is 0 Å². The minimum absolute atomic E-state index is 0.0589. The molecule has 0 amide bonds. The predicted octanol–water partition coefficient (Wildman–Crippen LogP) is 3.78. The minimum Gasteiger partial charge on any atom is -0.406 e. The minimum atomic E-state index is -4.69. The molecule has 0 bridgehead atoms. The summed E-state index contributed by atoms with van der Waals surface area (Å²) in [7, 11) is 0. The Labute approximate surface area is 117 Å². The van der Waals surface area contributed by atoms with E-state index < -0.39 is 6.36 Å². The highest BCUT2D eigenvalue weighted by Gasteiger charge is 2.31. The summed E-state index contributed by atoms with van der Waals surface area (Å²) >= 11 is 1.50. The number of hydrogen-bond donors (Lipinski definition) is 1. The standard InChI is InChI=1S/C13H12F3NO2S/c14-13(15,16)19-12-3-1-10(2-4-12)17(6-7-18)11-5-8-20-9-11/h1-5,8-9,18H,6-7H2. The zero-order chi connectivity index (χ0) is 14.6. The summed E-state index contributed by atoms with van der Waals surface area (Å²) in [6.07, 6.45) is -4.69. The highest BCUT2D eigenvalue weighted by Crippen LogP contribution is 2.30. The molecule has 3 nitrogen and oxygen atoms in total. The van der Waals surface area contributed by atoms with Crippen LogP contribution in [0.1, 0.15) is 0 Å². The van der Waals surface area contributed by atoms with E-state index in [9.17, 15) is 13.2 Å². The third-order valence-corrected chi connectivity index (χ3v) is 3.19. The van der Waals surface area contributed by atoms with E-state index >= 15 is 0 Å². The zero-order valence-corrected chi connectivity index (χ0v) is 11.1. The maximum Gasteiger partial charge on any atom is 0.573 e. The zero-order valence-electron chi connectivity index (χ0n) is 10.3. The highest BCUT2D eigenvalue weighted by molar-refractivity contribution is 7.08. The summed E-state index contributed by atoms with van der Waals surface area (Å²) in [6.45, 7) is 0.298. The number of rotatable bonds is 5. The van der Waals surface area contributed by atoms with Crippen LogP contribution in [0.15, 0.2) is 41.1 Å². The van der Waals surface area contributed by atoms with E-state index in [4.69, 9.17) is 5.11 Å². The van der Waals surface area contributed by atoms with E-state index in [2.05, 4.69) is 4.74 Å². The molecule has 1 N–H and O–H groups in total. The lowest BCUT2D eigenvalue weighted by Gasteiger charge is -2.23. The largest absolute Gasteiger partial charge is 0.573 e. The van der Waals surface area contributed by atoms with E-state index in [1.165, 1.54) is 35.6 Å². The van der Waals surface area contributed by atoms with Crippen molar-refractivity contribution in [3.63, 3.8) is 0 Å². The van der Waals surface area contributed by atoms with Gasteiger partial charge in [-0.3, -0.25) is 0 Å². The normalized spacial score (nSPS) is 11.4. The first-order chi connectivity index (χ1) is 9.49. The van der Waals surface area contributed by atoms with Gasteiger partial charge in [-0.25, -0.2) is 0 Å². The van der Waals surface area contributed by atoms with E-state index in [1.807, 2.05) is 21.7 Å². The second-order valence-corrected chi connectivity index (χ2v) is 4.68. The maximum absolute atomic E-state index is 12.1. The van der Waals surface area contributed by atoms with Gasteiger partial charge < -0.3 is 14.7 Å². The summed E-state index contributed by atoms with van der Waals surface area (Å²) in [5.74, 6) is -0.268. The second kappa shape index (κ2) is 6.15. The molecule has 0 saturated carbocycles. The average molecular weight is 303 g/mol. The molecule has 0 atom stereocenters. The first kappa shape index (κ1) is 14.7. The third kappa shape index (κ3) is 3.88. The number of nitrogens with zero attached hydrogens (tertiary/aromatic N) is 1. The van der Waals surface area contributed by atoms with E-state index in [0.717, 1.165) is 5.69 Å². The van der Waals surface area contributed by atoms with Gasteiger partial charge >= 0.3 is 6.36 Å². The maximum atomic E-state index is 12.1. The number of aliphatic hydroxyl groups is 1. The quantitative estimate of drug-likeness (QED) is 0.912. The van der Waals surface area contributed by atoms with E-state index in [1.54, 1.807) is 0 Å². The Balaban J connectivity index is 2.18. The molecule has 1 aromatic carbocycles. The first-order valence-electron chi connectivity index (χ1n) is 5.76. The fraction of sp³-hybridized carbons (Fsp3) is 0.231. The van der Waals surface area contributed by atoms with Crippen molar-refractivity contribution in [2.24, 2.45) is 0 Å². The molecule has 0 aliphatic heterocycles. The molecule has 20 heavy (non-hydrogen) atoms. The number of aliphatic hydroxyl groups excluding tert-OH is 1. The van der Waals surface area contributed by atoms with Crippen LogP contribution in [0, 0.1) is 0 Å². The SMILES string of the molecule is OCCN(c1ccc(OC(F)(F)F)cc1)c1ccsc1. The summed E-state index contributed by atoms with van der Waals surface area (Å²) in [5.41, 5.74) is 1.57. The summed E-state index contributed by atoms with van der Waals surface area (Å²) < 4.78 is 40.1. The van der Waals surface area contributed by atoms with Crippen LogP contribution in [0.5, 0.6) is 5.75 Å². The lowest BCUT2D eigenvalue weighted by Crippen LogP contribution is -2.20. The number of halogens is 3. The molecule has 0 spiro atoms. The molecule has 7 heteroatoms. The van der Waals surface area contributed by atoms with Gasteiger partial charge in [0.15, 0.2) is 0 Å². The highest BCUT2D eigenvalue weighted by atomic mass is 32.1. The summed E-state index contributed by atoms with van der Waals surface area (Å²) in [4.78, 5) is 1.81. The van der Waals surface area contributed by atoms with Crippen molar-refractivity contribution in [3.8, 4) is 5.75 Å². The predicted molar refractivity (Wildman–Crippen MR) is 71.5 cm³/mol. The van der Waals surface area contributed by atoms with Crippen molar-refractivity contribution in [1.29, 1.82) is 0 Å². The van der Waals surface area contributed by atoms with Crippen molar-refractivity contribution in [3.05, 3.63) is 41.1 Å². The van der Waals surface area contributed by atoms with Gasteiger partial charge in [-0.2, -0.15) is 11.3 Å². The van der Waals surface area contributed by atoms with Gasteiger partial charge in [-0.05, 0) is 35.7 Å². The van der Waals surface area contributed by atoms with Gasteiger partial charge in [0.25, 0.3) is 0 Å². The Bertz CT molecular complexity index is 526. The average Bonchev–Trinajstić information content (AvgIpc) is 2.89. The summed E-state index contributed by atoms with van der Waals surface area (Å²) in [6, 6.07) is 7.42. The summed E-state index contributed by atoms with van der Waals surface area (Å²) in [5, 5.41) is 12.9. The van der Waals surface area contributed by atoms with Crippen molar-refractivity contribution >= 4 is 22.7 Å². The van der Waals surface area contributed by atoms with E-state index in [0.29, 0.717) is 12.2 Å². The number of alkyl halides is 3. The van der Waals surface area contributed by atoms with Crippen molar-refractivity contribution in [1.82, 2.24) is 0 Å². The van der Waals surface area contributed by atoms with Crippen molar-refractivity contribution < 1.29 is 23.0 Å². The topological polar surface area (TPSA) is 32.7 Å². The van der Waals surface area contributed by atoms with Crippen LogP contribution in [-0.2, 0) is 0 Å². The van der Waals surface area contributed by atoms with Gasteiger partial charge in [0.05, 0.1) is 12.3 Å². The smallest absolute Gasteiger partial charge is 0.406 e. The Morgan fingerprint density at radius 2 is 1.80 bits per heavy atom. The fourth-order valence-electron chi connectivity index (χ4n) is 1.75. The van der Waals surface area contributed by atoms with Crippen LogP contribution >= 0.6 is 11.3 Å². The molecule has 0 saturated heterocycles. The molecule has 0 aliphatic carbocycles. The van der Waals surface area contributed by atoms with Crippen LogP contribution in [0.2, 0.25) is 0 Å². The van der Waals surface area contributed by atoms with Crippen molar-refractivity contribution in [2.75, 3.05) is 18.1 Å². The number of hydrogen-bond acceptors (Lipinski definition) is 4. The Morgan fingerprint density at radius 3 is 2.30 bits per heavy atom. The van der Waals surface area contributed by atoms with Crippen LogP contribution in [0.25, 0.3) is 0 Å². The fourth-order valence-corrected chi connectivity index (χ4v) is 2.39. The molecule has 2 aromatic rings. The van der Waals surface area contributed by atoms with Gasteiger partial charge in [0, 0.05) is 17.6 Å². The molecule has 0 unspecified atom stereocenters. The first-order valence-corrected chi connectivity index (χ1v) is 6.70. The molecule has 1 heterocycles.